The summed E-state index contributed by atoms with van der Waals surface area (Å²) in [5.74, 6) is -0.830. The maximum Gasteiger partial charge on any atom is 0.253 e. The number of nitrogens with one attached hydrogen (secondary N) is 1. The van der Waals surface area contributed by atoms with Crippen LogP contribution in [0.4, 0.5) is 4.39 Å². The normalized spacial score (nSPS) is 21.5. The Balaban J connectivity index is 1.46. The number of benzene rings is 1. The van der Waals surface area contributed by atoms with Crippen LogP contribution >= 0.6 is 11.8 Å². The van der Waals surface area contributed by atoms with Crippen LogP contribution < -0.4 is 5.32 Å². The average Bonchev–Trinajstić information content (AvgIpc) is 2.64. The first-order valence-corrected chi connectivity index (χ1v) is 9.17. The first-order valence-electron chi connectivity index (χ1n) is 8.29. The summed E-state index contributed by atoms with van der Waals surface area (Å²) in [6.07, 6.45) is 5.82. The van der Waals surface area contributed by atoms with E-state index in [1.807, 2.05) is 0 Å². The van der Waals surface area contributed by atoms with E-state index >= 15 is 0 Å². The maximum absolute atomic E-state index is 12.9. The van der Waals surface area contributed by atoms with Gasteiger partial charge in [0, 0.05) is 23.7 Å². The van der Waals surface area contributed by atoms with Gasteiger partial charge in [-0.1, -0.05) is 23.9 Å². The molecule has 1 aromatic heterocycles. The number of nitrogens with zero attached hydrogens (tertiary/aromatic N) is 2. The summed E-state index contributed by atoms with van der Waals surface area (Å²) in [6.45, 7) is 0. The largest absolute Gasteiger partial charge is 0.378 e. The molecule has 5 nitrogen and oxygen atoms in total. The van der Waals surface area contributed by atoms with Crippen molar-refractivity contribution in [1.29, 1.82) is 0 Å². The highest BCUT2D eigenvalue weighted by Gasteiger charge is 2.26. The van der Waals surface area contributed by atoms with Crippen LogP contribution in [0.5, 0.6) is 0 Å². The van der Waals surface area contributed by atoms with Crippen LogP contribution in [0.3, 0.4) is 0 Å². The minimum atomic E-state index is -1.27. The minimum absolute atomic E-state index is 0.0520. The molecule has 2 aromatic rings. The standard InChI is InChI=1S/C18H20FN3O2S/c19-13-4-2-12(3-5-13)16(23)17(24)22-14-6-8-15(9-7-14)25-18-20-10-1-11-21-18/h1-5,10-11,14-16,23H,6-9H2,(H,22,24). The molecule has 1 heterocycles. The second-order valence-corrected chi connectivity index (χ2v) is 7.35. The Labute approximate surface area is 150 Å². The first-order chi connectivity index (χ1) is 12.1. The molecule has 7 heteroatoms. The minimum Gasteiger partial charge on any atom is -0.378 e. The molecule has 0 aliphatic heterocycles. The van der Waals surface area contributed by atoms with Crippen LogP contribution in [-0.2, 0) is 4.79 Å². The molecular formula is C18H20FN3O2S. The molecule has 3 rings (SSSR count). The van der Waals surface area contributed by atoms with Gasteiger partial charge < -0.3 is 10.4 Å². The van der Waals surface area contributed by atoms with Crippen LogP contribution in [-0.4, -0.2) is 32.3 Å². The van der Waals surface area contributed by atoms with E-state index in [1.54, 1.807) is 30.2 Å². The highest BCUT2D eigenvalue weighted by molar-refractivity contribution is 7.99. The molecule has 25 heavy (non-hydrogen) atoms. The fourth-order valence-corrected chi connectivity index (χ4v) is 3.95. The number of halogens is 1. The Morgan fingerprint density at radius 1 is 1.16 bits per heavy atom. The zero-order valence-electron chi connectivity index (χ0n) is 13.6. The Morgan fingerprint density at radius 2 is 1.80 bits per heavy atom. The van der Waals surface area contributed by atoms with E-state index in [0.29, 0.717) is 10.8 Å². The predicted octanol–water partition coefficient (Wildman–Crippen LogP) is 2.87. The van der Waals surface area contributed by atoms with E-state index in [2.05, 4.69) is 15.3 Å². The lowest BCUT2D eigenvalue weighted by atomic mass is 9.94. The second kappa shape index (κ2) is 8.40. The number of carbonyl (C=O) groups excluding carboxylic acids is 1. The molecule has 132 valence electrons. The SMILES string of the molecule is O=C(NC1CCC(Sc2ncccn2)CC1)C(O)c1ccc(F)cc1. The van der Waals surface area contributed by atoms with Gasteiger partial charge in [0.15, 0.2) is 11.3 Å². The molecular weight excluding hydrogens is 341 g/mol. The van der Waals surface area contributed by atoms with E-state index in [0.717, 1.165) is 30.8 Å². The fourth-order valence-electron chi connectivity index (χ4n) is 2.90. The molecule has 0 spiro atoms. The Morgan fingerprint density at radius 3 is 2.44 bits per heavy atom. The molecule has 0 radical (unpaired) electrons. The van der Waals surface area contributed by atoms with E-state index in [-0.39, 0.29) is 6.04 Å². The van der Waals surface area contributed by atoms with E-state index < -0.39 is 17.8 Å². The molecule has 1 atom stereocenters. The van der Waals surface area contributed by atoms with E-state index in [1.165, 1.54) is 24.3 Å². The van der Waals surface area contributed by atoms with Gasteiger partial charge in [-0.05, 0) is 49.4 Å². The monoisotopic (exact) mass is 361 g/mol. The van der Waals surface area contributed by atoms with E-state index in [9.17, 15) is 14.3 Å². The average molecular weight is 361 g/mol. The number of aromatic nitrogens is 2. The van der Waals surface area contributed by atoms with Gasteiger partial charge in [-0.2, -0.15) is 0 Å². The number of hydrogen-bond acceptors (Lipinski definition) is 5. The number of carbonyl (C=O) groups is 1. The summed E-state index contributed by atoms with van der Waals surface area (Å²) in [4.78, 5) is 20.6. The number of aliphatic hydroxyl groups is 1. The molecule has 0 saturated heterocycles. The van der Waals surface area contributed by atoms with Crippen molar-refractivity contribution in [2.75, 3.05) is 0 Å². The summed E-state index contributed by atoms with van der Waals surface area (Å²) in [6, 6.07) is 7.17. The number of rotatable bonds is 5. The zero-order valence-corrected chi connectivity index (χ0v) is 14.5. The van der Waals surface area contributed by atoms with E-state index in [4.69, 9.17) is 0 Å². The first kappa shape index (κ1) is 17.8. The zero-order chi connectivity index (χ0) is 17.6. The highest BCUT2D eigenvalue weighted by Crippen LogP contribution is 2.32. The quantitative estimate of drug-likeness (QED) is 0.801. The fraction of sp³-hybridized carbons (Fsp3) is 0.389. The molecule has 1 aliphatic rings. The Kier molecular flexibility index (Phi) is 5.99. The molecule has 1 amide bonds. The third-order valence-electron chi connectivity index (χ3n) is 4.27. The smallest absolute Gasteiger partial charge is 0.253 e. The number of amides is 1. The van der Waals surface area contributed by atoms with Gasteiger partial charge in [0.05, 0.1) is 0 Å². The van der Waals surface area contributed by atoms with Crippen molar-refractivity contribution in [1.82, 2.24) is 15.3 Å². The topological polar surface area (TPSA) is 75.1 Å². The second-order valence-electron chi connectivity index (χ2n) is 6.09. The highest BCUT2D eigenvalue weighted by atomic mass is 32.2. The molecule has 1 aliphatic carbocycles. The van der Waals surface area contributed by atoms with Gasteiger partial charge in [0.25, 0.3) is 5.91 Å². The van der Waals surface area contributed by atoms with Crippen molar-refractivity contribution < 1.29 is 14.3 Å². The maximum atomic E-state index is 12.9. The summed E-state index contributed by atoms with van der Waals surface area (Å²) in [7, 11) is 0. The molecule has 0 bridgehead atoms. The van der Waals surface area contributed by atoms with Gasteiger partial charge in [0.2, 0.25) is 0 Å². The lowest BCUT2D eigenvalue weighted by Crippen LogP contribution is -2.40. The summed E-state index contributed by atoms with van der Waals surface area (Å²) in [5.41, 5.74) is 0.393. The summed E-state index contributed by atoms with van der Waals surface area (Å²) < 4.78 is 12.9. The predicted molar refractivity (Wildman–Crippen MR) is 93.4 cm³/mol. The van der Waals surface area contributed by atoms with Gasteiger partial charge in [-0.25, -0.2) is 14.4 Å². The number of thioether (sulfide) groups is 1. The molecule has 1 saturated carbocycles. The van der Waals surface area contributed by atoms with Crippen LogP contribution in [0, 0.1) is 5.82 Å². The van der Waals surface area contributed by atoms with Gasteiger partial charge in [0.1, 0.15) is 5.82 Å². The molecule has 1 unspecified atom stereocenters. The van der Waals surface area contributed by atoms with Gasteiger partial charge in [-0.3, -0.25) is 4.79 Å². The van der Waals surface area contributed by atoms with Crippen LogP contribution in [0.1, 0.15) is 37.4 Å². The lowest BCUT2D eigenvalue weighted by molar-refractivity contribution is -0.130. The van der Waals surface area contributed by atoms with Crippen LogP contribution in [0.25, 0.3) is 0 Å². The van der Waals surface area contributed by atoms with Gasteiger partial charge >= 0.3 is 0 Å². The van der Waals surface area contributed by atoms with Crippen molar-refractivity contribution in [3.63, 3.8) is 0 Å². The van der Waals surface area contributed by atoms with Crippen LogP contribution in [0.15, 0.2) is 47.9 Å². The van der Waals surface area contributed by atoms with Crippen molar-refractivity contribution in [2.24, 2.45) is 0 Å². The van der Waals surface area contributed by atoms with Crippen LogP contribution in [0.2, 0.25) is 0 Å². The lowest BCUT2D eigenvalue weighted by Gasteiger charge is -2.29. The Bertz CT molecular complexity index is 691. The van der Waals surface area contributed by atoms with Gasteiger partial charge in [-0.15, -0.1) is 0 Å². The number of aliphatic hydroxyl groups excluding tert-OH is 1. The van der Waals surface area contributed by atoms with Crippen molar-refractivity contribution in [3.05, 3.63) is 54.1 Å². The molecule has 1 fully saturated rings. The molecule has 1 aromatic carbocycles. The van der Waals surface area contributed by atoms with Crippen molar-refractivity contribution >= 4 is 17.7 Å². The molecule has 2 N–H and O–H groups in total. The van der Waals surface area contributed by atoms with Crippen molar-refractivity contribution in [2.45, 2.75) is 48.2 Å². The third-order valence-corrected chi connectivity index (χ3v) is 5.50. The summed E-state index contributed by atoms with van der Waals surface area (Å²) >= 11 is 1.67. The van der Waals surface area contributed by atoms with Crippen molar-refractivity contribution in [3.8, 4) is 0 Å². The third kappa shape index (κ3) is 4.99. The Hall–Kier alpha value is -1.99. The number of hydrogen-bond donors (Lipinski definition) is 2. The summed E-state index contributed by atoms with van der Waals surface area (Å²) in [5, 5.41) is 14.2.